The molecule has 3 heterocycles. The minimum atomic E-state index is -0.461. The molecular formula is C24H33N5O4. The van der Waals surface area contributed by atoms with Crippen LogP contribution in [-0.2, 0) is 9.53 Å². The first kappa shape index (κ1) is 25.8. The summed E-state index contributed by atoms with van der Waals surface area (Å²) in [7, 11) is 0. The van der Waals surface area contributed by atoms with Crippen LogP contribution in [0.25, 0.3) is 5.65 Å². The van der Waals surface area contributed by atoms with Crippen LogP contribution in [0.1, 0.15) is 41.2 Å². The number of allylic oxidation sites excluding steroid dienone is 2. The highest BCUT2D eigenvalue weighted by molar-refractivity contribution is 5.97. The molecule has 3 rings (SSSR count). The molecule has 9 heteroatoms. The van der Waals surface area contributed by atoms with Gasteiger partial charge < -0.3 is 20.3 Å². The summed E-state index contributed by atoms with van der Waals surface area (Å²) in [5.41, 5.74) is 1.03. The normalized spacial score (nSPS) is 14.4. The van der Waals surface area contributed by atoms with Crippen LogP contribution in [0.2, 0.25) is 0 Å². The van der Waals surface area contributed by atoms with Crippen molar-refractivity contribution in [2.24, 2.45) is 5.92 Å². The van der Waals surface area contributed by atoms with E-state index in [-0.39, 0.29) is 24.1 Å². The van der Waals surface area contributed by atoms with Crippen molar-refractivity contribution in [3.63, 3.8) is 0 Å². The number of hydrogen-bond acceptors (Lipinski definition) is 5. The van der Waals surface area contributed by atoms with Gasteiger partial charge in [0.2, 0.25) is 5.91 Å². The zero-order chi connectivity index (χ0) is 24.2. The van der Waals surface area contributed by atoms with Gasteiger partial charge in [0.1, 0.15) is 17.0 Å². The highest BCUT2D eigenvalue weighted by atomic mass is 16.5. The van der Waals surface area contributed by atoms with E-state index in [2.05, 4.69) is 41.8 Å². The van der Waals surface area contributed by atoms with Crippen LogP contribution < -0.4 is 10.6 Å². The van der Waals surface area contributed by atoms with Crippen LogP contribution in [-0.4, -0.2) is 71.4 Å². The predicted molar refractivity (Wildman–Crippen MR) is 127 cm³/mol. The first-order valence-electron chi connectivity index (χ1n) is 11.0. The number of fused-ring (bicyclic) bond motifs is 1. The van der Waals surface area contributed by atoms with Gasteiger partial charge in [0.05, 0.1) is 19.8 Å². The lowest BCUT2D eigenvalue weighted by Crippen LogP contribution is -2.45. The smallest absolute Gasteiger partial charge is 0.271 e. The Morgan fingerprint density at radius 1 is 1.18 bits per heavy atom. The highest BCUT2D eigenvalue weighted by Gasteiger charge is 2.19. The predicted octanol–water partition coefficient (Wildman–Crippen LogP) is 2.06. The summed E-state index contributed by atoms with van der Waals surface area (Å²) in [4.78, 5) is 43.3. The number of carbonyl (C=O) groups is 3. The molecule has 0 saturated carbocycles. The van der Waals surface area contributed by atoms with Gasteiger partial charge in [0, 0.05) is 25.8 Å². The number of imidazole rings is 1. The van der Waals surface area contributed by atoms with Crippen molar-refractivity contribution in [2.75, 3.05) is 39.4 Å². The molecule has 2 aromatic rings. The fourth-order valence-corrected chi connectivity index (χ4v) is 3.29. The molecule has 3 amide bonds. The van der Waals surface area contributed by atoms with E-state index in [1.165, 1.54) is 6.20 Å². The summed E-state index contributed by atoms with van der Waals surface area (Å²) in [6.45, 7) is 12.5. The number of amides is 3. The van der Waals surface area contributed by atoms with E-state index in [1.807, 2.05) is 13.0 Å². The fraction of sp³-hybridized carbons (Fsp3) is 0.417. The van der Waals surface area contributed by atoms with Crippen molar-refractivity contribution in [1.82, 2.24) is 24.9 Å². The Kier molecular flexibility index (Phi) is 10.3. The summed E-state index contributed by atoms with van der Waals surface area (Å²) in [6, 6.07) is 5.13. The van der Waals surface area contributed by atoms with Crippen molar-refractivity contribution < 1.29 is 19.1 Å². The Morgan fingerprint density at radius 3 is 2.61 bits per heavy atom. The molecule has 9 nitrogen and oxygen atoms in total. The monoisotopic (exact) mass is 455 g/mol. The van der Waals surface area contributed by atoms with Crippen molar-refractivity contribution in [2.45, 2.75) is 20.3 Å². The maximum atomic E-state index is 12.7. The van der Waals surface area contributed by atoms with Gasteiger partial charge in [-0.1, -0.05) is 25.1 Å². The summed E-state index contributed by atoms with van der Waals surface area (Å²) in [5.74, 6) is -0.540. The molecule has 0 bridgehead atoms. The zero-order valence-corrected chi connectivity index (χ0v) is 19.4. The van der Waals surface area contributed by atoms with E-state index in [4.69, 9.17) is 4.74 Å². The van der Waals surface area contributed by atoms with Crippen molar-refractivity contribution in [1.29, 1.82) is 0 Å². The lowest BCUT2D eigenvalue weighted by Gasteiger charge is -2.26. The molecule has 0 aromatic carbocycles. The third-order valence-corrected chi connectivity index (χ3v) is 5.11. The number of pyridine rings is 1. The van der Waals surface area contributed by atoms with Gasteiger partial charge in [-0.25, -0.2) is 4.98 Å². The van der Waals surface area contributed by atoms with Crippen molar-refractivity contribution in [3.8, 4) is 0 Å². The molecule has 2 N–H and O–H groups in total. The Hall–Kier alpha value is -3.46. The Morgan fingerprint density at radius 2 is 1.91 bits per heavy atom. The SMILES string of the molecule is C/C=C\CC(C)CNC(=O)c1cccc2nc(C(=O)NCC(=O)N3CCOCC3)cn12.C=C. The molecule has 1 saturated heterocycles. The van der Waals surface area contributed by atoms with Gasteiger partial charge in [-0.3, -0.25) is 18.8 Å². The van der Waals surface area contributed by atoms with Crippen LogP contribution >= 0.6 is 0 Å². The first-order chi connectivity index (χ1) is 16.0. The topological polar surface area (TPSA) is 105 Å². The number of morpholine rings is 1. The third kappa shape index (κ3) is 7.28. The Balaban J connectivity index is 0.00000187. The fourth-order valence-electron chi connectivity index (χ4n) is 3.29. The van der Waals surface area contributed by atoms with Crippen LogP contribution in [0.5, 0.6) is 0 Å². The molecule has 1 fully saturated rings. The van der Waals surface area contributed by atoms with E-state index in [0.717, 1.165) is 6.42 Å². The van der Waals surface area contributed by atoms with Gasteiger partial charge in [-0.15, -0.1) is 13.2 Å². The molecule has 33 heavy (non-hydrogen) atoms. The molecule has 178 valence electrons. The number of nitrogens with zero attached hydrogens (tertiary/aromatic N) is 3. The van der Waals surface area contributed by atoms with Gasteiger partial charge in [0.15, 0.2) is 0 Å². The average molecular weight is 456 g/mol. The average Bonchev–Trinajstić information content (AvgIpc) is 3.30. The van der Waals surface area contributed by atoms with Crippen LogP contribution in [0.4, 0.5) is 0 Å². The second kappa shape index (κ2) is 13.2. The van der Waals surface area contributed by atoms with Crippen LogP contribution in [0.15, 0.2) is 49.7 Å². The standard InChI is InChI=1S/C22H29N5O4.C2H4/c1-3-4-6-16(2)13-23-22(30)18-7-5-8-19-25-17(15-27(18)19)21(29)24-14-20(28)26-9-11-31-12-10-26;1-2/h3-5,7-8,15-16H,6,9-14H2,1-2H3,(H,23,30)(H,24,29);1-2H2/b4-3-;. The van der Waals surface area contributed by atoms with Crippen molar-refractivity contribution in [3.05, 3.63) is 61.1 Å². The zero-order valence-electron chi connectivity index (χ0n) is 19.4. The minimum Gasteiger partial charge on any atom is -0.378 e. The second-order valence-electron chi connectivity index (χ2n) is 7.56. The van der Waals surface area contributed by atoms with Crippen molar-refractivity contribution >= 4 is 23.4 Å². The molecule has 1 unspecified atom stereocenters. The number of rotatable bonds is 8. The van der Waals surface area contributed by atoms with Crippen LogP contribution in [0.3, 0.4) is 0 Å². The molecule has 1 atom stereocenters. The highest BCUT2D eigenvalue weighted by Crippen LogP contribution is 2.10. The third-order valence-electron chi connectivity index (χ3n) is 5.11. The number of carbonyl (C=O) groups excluding carboxylic acids is 3. The largest absolute Gasteiger partial charge is 0.378 e. The Bertz CT molecular complexity index is 978. The molecule has 2 aromatic heterocycles. The maximum Gasteiger partial charge on any atom is 0.271 e. The lowest BCUT2D eigenvalue weighted by molar-refractivity contribution is -0.134. The number of nitrogens with one attached hydrogen (secondary N) is 2. The summed E-state index contributed by atoms with van der Waals surface area (Å²) >= 11 is 0. The van der Waals surface area contributed by atoms with Gasteiger partial charge in [-0.2, -0.15) is 0 Å². The molecular weight excluding hydrogens is 422 g/mol. The second-order valence-corrected chi connectivity index (χ2v) is 7.56. The van der Waals surface area contributed by atoms with Gasteiger partial charge in [-0.05, 0) is 31.4 Å². The number of ether oxygens (including phenoxy) is 1. The molecule has 0 spiro atoms. The van der Waals surface area contributed by atoms with E-state index < -0.39 is 5.91 Å². The molecule has 0 radical (unpaired) electrons. The lowest BCUT2D eigenvalue weighted by atomic mass is 10.1. The molecule has 1 aliphatic rings. The maximum absolute atomic E-state index is 12.7. The first-order valence-corrected chi connectivity index (χ1v) is 11.0. The number of aromatic nitrogens is 2. The molecule has 1 aliphatic heterocycles. The van der Waals surface area contributed by atoms with E-state index in [0.29, 0.717) is 50.1 Å². The quantitative estimate of drug-likeness (QED) is 0.593. The summed E-state index contributed by atoms with van der Waals surface area (Å²) in [6.07, 6.45) is 6.47. The summed E-state index contributed by atoms with van der Waals surface area (Å²) in [5, 5.41) is 5.54. The minimum absolute atomic E-state index is 0.107. The van der Waals surface area contributed by atoms with Gasteiger partial charge in [0.25, 0.3) is 11.8 Å². The summed E-state index contributed by atoms with van der Waals surface area (Å²) < 4.78 is 6.81. The van der Waals surface area contributed by atoms with Gasteiger partial charge >= 0.3 is 0 Å². The van der Waals surface area contributed by atoms with E-state index >= 15 is 0 Å². The number of hydrogen-bond donors (Lipinski definition) is 2. The Labute approximate surface area is 194 Å². The molecule has 0 aliphatic carbocycles. The van der Waals surface area contributed by atoms with Crippen LogP contribution in [0, 0.1) is 5.92 Å². The van der Waals surface area contributed by atoms with E-state index in [9.17, 15) is 14.4 Å². The van der Waals surface area contributed by atoms with E-state index in [1.54, 1.807) is 27.5 Å².